The molecule has 0 unspecified atom stereocenters. The maximum Gasteiger partial charge on any atom is 0.324 e. The van der Waals surface area contributed by atoms with Gasteiger partial charge in [0.25, 0.3) is 0 Å². The summed E-state index contributed by atoms with van der Waals surface area (Å²) in [5.74, 6) is -1.19. The standard InChI is InChI=1S/C11H15BrN2O4S/c1-3-11(4-2,10(15)16)14-19(17,18)9-5-8(12)6-13-7-9/h5-7,14H,3-4H2,1-2H3,(H,15,16). The summed E-state index contributed by atoms with van der Waals surface area (Å²) < 4.78 is 27.1. The van der Waals surface area contributed by atoms with Gasteiger partial charge in [-0.3, -0.25) is 9.78 Å². The van der Waals surface area contributed by atoms with Gasteiger partial charge in [0.1, 0.15) is 10.4 Å². The van der Waals surface area contributed by atoms with Crippen LogP contribution in [-0.4, -0.2) is 30.0 Å². The first-order valence-corrected chi connectivity index (χ1v) is 7.93. The molecule has 0 aliphatic rings. The Hall–Kier alpha value is -0.990. The van der Waals surface area contributed by atoms with E-state index >= 15 is 0 Å². The van der Waals surface area contributed by atoms with Gasteiger partial charge in [0.05, 0.1) is 0 Å². The fourth-order valence-corrected chi connectivity index (χ4v) is 3.60. The summed E-state index contributed by atoms with van der Waals surface area (Å²) in [6, 6.07) is 1.37. The summed E-state index contributed by atoms with van der Waals surface area (Å²) in [7, 11) is -3.93. The smallest absolute Gasteiger partial charge is 0.324 e. The molecule has 0 bridgehead atoms. The topological polar surface area (TPSA) is 96.4 Å². The number of nitrogens with zero attached hydrogens (tertiary/aromatic N) is 1. The minimum absolute atomic E-state index is 0.0746. The molecule has 0 radical (unpaired) electrons. The Morgan fingerprint density at radius 3 is 2.42 bits per heavy atom. The van der Waals surface area contributed by atoms with Gasteiger partial charge in [0.15, 0.2) is 0 Å². The van der Waals surface area contributed by atoms with Gasteiger partial charge in [-0.2, -0.15) is 4.72 Å². The average Bonchev–Trinajstić information content (AvgIpc) is 2.35. The fraction of sp³-hybridized carbons (Fsp3) is 0.455. The third kappa shape index (κ3) is 3.52. The van der Waals surface area contributed by atoms with Crippen LogP contribution in [0.25, 0.3) is 0 Å². The lowest BCUT2D eigenvalue weighted by Gasteiger charge is -2.27. The number of aliphatic carboxylic acids is 1. The van der Waals surface area contributed by atoms with Gasteiger partial charge in [-0.15, -0.1) is 0 Å². The first-order valence-electron chi connectivity index (χ1n) is 5.65. The Kier molecular flexibility index (Phi) is 5.05. The molecule has 0 aromatic carbocycles. The molecule has 1 heterocycles. The number of carboxylic acid groups (broad SMARTS) is 1. The molecule has 1 aromatic rings. The minimum Gasteiger partial charge on any atom is -0.480 e. The minimum atomic E-state index is -3.93. The molecule has 0 spiro atoms. The Labute approximate surface area is 120 Å². The maximum absolute atomic E-state index is 12.2. The van der Waals surface area contributed by atoms with Gasteiger partial charge in [-0.1, -0.05) is 13.8 Å². The third-order valence-corrected chi connectivity index (χ3v) is 4.87. The number of rotatable bonds is 6. The van der Waals surface area contributed by atoms with Gasteiger partial charge in [0.2, 0.25) is 10.0 Å². The van der Waals surface area contributed by atoms with Crippen molar-refractivity contribution in [3.05, 3.63) is 22.9 Å². The van der Waals surface area contributed by atoms with Gasteiger partial charge in [-0.25, -0.2) is 8.42 Å². The van der Waals surface area contributed by atoms with Crippen molar-refractivity contribution in [2.75, 3.05) is 0 Å². The van der Waals surface area contributed by atoms with Crippen LogP contribution < -0.4 is 4.72 Å². The van der Waals surface area contributed by atoms with Gasteiger partial charge in [0, 0.05) is 16.9 Å². The number of hydrogen-bond acceptors (Lipinski definition) is 4. The van der Waals surface area contributed by atoms with E-state index < -0.39 is 21.5 Å². The van der Waals surface area contributed by atoms with E-state index in [2.05, 4.69) is 25.6 Å². The average molecular weight is 351 g/mol. The van der Waals surface area contributed by atoms with E-state index in [0.717, 1.165) is 0 Å². The number of carboxylic acids is 1. The molecule has 0 saturated heterocycles. The second kappa shape index (κ2) is 5.98. The van der Waals surface area contributed by atoms with E-state index in [0.29, 0.717) is 4.47 Å². The van der Waals surface area contributed by atoms with Gasteiger partial charge >= 0.3 is 5.97 Å². The van der Waals surface area contributed by atoms with E-state index in [-0.39, 0.29) is 17.7 Å². The van der Waals surface area contributed by atoms with Crippen molar-refractivity contribution in [3.63, 3.8) is 0 Å². The molecule has 19 heavy (non-hydrogen) atoms. The number of halogens is 1. The zero-order chi connectivity index (χ0) is 14.7. The highest BCUT2D eigenvalue weighted by molar-refractivity contribution is 9.10. The van der Waals surface area contributed by atoms with Crippen LogP contribution >= 0.6 is 15.9 Å². The Bertz CT molecular complexity index is 570. The van der Waals surface area contributed by atoms with Crippen molar-refractivity contribution in [1.29, 1.82) is 0 Å². The summed E-state index contributed by atoms with van der Waals surface area (Å²) >= 11 is 3.13. The van der Waals surface area contributed by atoms with Crippen molar-refractivity contribution in [2.45, 2.75) is 37.1 Å². The largest absolute Gasteiger partial charge is 0.480 e. The molecular weight excluding hydrogens is 336 g/mol. The molecule has 2 N–H and O–H groups in total. The summed E-state index contributed by atoms with van der Waals surface area (Å²) in [5.41, 5.74) is -1.50. The van der Waals surface area contributed by atoms with E-state index in [4.69, 9.17) is 0 Å². The molecule has 1 rings (SSSR count). The van der Waals surface area contributed by atoms with E-state index in [1.165, 1.54) is 18.5 Å². The molecule has 1 aromatic heterocycles. The predicted molar refractivity (Wildman–Crippen MR) is 73.2 cm³/mol. The Morgan fingerprint density at radius 2 is 2.00 bits per heavy atom. The van der Waals surface area contributed by atoms with Crippen LogP contribution in [0.4, 0.5) is 0 Å². The molecule has 0 atom stereocenters. The lowest BCUT2D eigenvalue weighted by atomic mass is 9.95. The van der Waals surface area contributed by atoms with Gasteiger partial charge in [-0.05, 0) is 34.8 Å². The van der Waals surface area contributed by atoms with Crippen molar-refractivity contribution in [2.24, 2.45) is 0 Å². The van der Waals surface area contributed by atoms with Crippen molar-refractivity contribution < 1.29 is 18.3 Å². The maximum atomic E-state index is 12.2. The van der Waals surface area contributed by atoms with Crippen LogP contribution in [0, 0.1) is 0 Å². The summed E-state index contributed by atoms with van der Waals surface area (Å²) in [4.78, 5) is 15.0. The summed E-state index contributed by atoms with van der Waals surface area (Å²) in [6.45, 7) is 3.25. The third-order valence-electron chi connectivity index (χ3n) is 2.94. The van der Waals surface area contributed by atoms with Crippen molar-refractivity contribution in [1.82, 2.24) is 9.71 Å². The molecule has 0 saturated carbocycles. The molecule has 0 aliphatic heterocycles. The van der Waals surface area contributed by atoms with Crippen LogP contribution in [0.5, 0.6) is 0 Å². The number of aromatic nitrogens is 1. The molecular formula is C11H15BrN2O4S. The van der Waals surface area contributed by atoms with Crippen LogP contribution in [0.15, 0.2) is 27.8 Å². The predicted octanol–water partition coefficient (Wildman–Crippen LogP) is 1.77. The molecule has 0 amide bonds. The lowest BCUT2D eigenvalue weighted by molar-refractivity contribution is -0.144. The Balaban J connectivity index is 3.18. The van der Waals surface area contributed by atoms with Crippen LogP contribution in [0.1, 0.15) is 26.7 Å². The Morgan fingerprint density at radius 1 is 1.42 bits per heavy atom. The van der Waals surface area contributed by atoms with E-state index in [9.17, 15) is 18.3 Å². The lowest BCUT2D eigenvalue weighted by Crippen LogP contribution is -2.53. The first kappa shape index (κ1) is 16.1. The molecule has 8 heteroatoms. The number of pyridine rings is 1. The summed E-state index contributed by atoms with van der Waals surface area (Å²) in [5, 5.41) is 9.24. The van der Waals surface area contributed by atoms with E-state index in [1.54, 1.807) is 13.8 Å². The van der Waals surface area contributed by atoms with Crippen molar-refractivity contribution in [3.8, 4) is 0 Å². The quantitative estimate of drug-likeness (QED) is 0.814. The number of carbonyl (C=O) groups is 1. The molecule has 6 nitrogen and oxygen atoms in total. The second-order valence-electron chi connectivity index (χ2n) is 4.04. The molecule has 0 fully saturated rings. The van der Waals surface area contributed by atoms with Crippen molar-refractivity contribution >= 4 is 31.9 Å². The van der Waals surface area contributed by atoms with Gasteiger partial charge < -0.3 is 5.11 Å². The zero-order valence-corrected chi connectivity index (χ0v) is 13.0. The molecule has 0 aliphatic carbocycles. The second-order valence-corrected chi connectivity index (χ2v) is 6.64. The van der Waals surface area contributed by atoms with Crippen LogP contribution in [0.3, 0.4) is 0 Å². The van der Waals surface area contributed by atoms with E-state index in [1.807, 2.05) is 0 Å². The SMILES string of the molecule is CCC(CC)(NS(=O)(=O)c1cncc(Br)c1)C(=O)O. The highest BCUT2D eigenvalue weighted by Gasteiger charge is 2.39. The van der Waals surface area contributed by atoms with Crippen LogP contribution in [-0.2, 0) is 14.8 Å². The number of nitrogens with one attached hydrogen (secondary N) is 1. The first-order chi connectivity index (χ1) is 8.77. The normalized spacial score (nSPS) is 12.4. The molecule has 106 valence electrons. The highest BCUT2D eigenvalue weighted by Crippen LogP contribution is 2.21. The number of hydrogen-bond donors (Lipinski definition) is 2. The highest BCUT2D eigenvalue weighted by atomic mass is 79.9. The van der Waals surface area contributed by atoms with Crippen LogP contribution in [0.2, 0.25) is 0 Å². The number of sulfonamides is 1. The fourth-order valence-electron chi connectivity index (χ4n) is 1.60. The zero-order valence-electron chi connectivity index (χ0n) is 10.6. The summed E-state index contributed by atoms with van der Waals surface area (Å²) in [6.07, 6.45) is 2.92. The monoisotopic (exact) mass is 350 g/mol.